The van der Waals surface area contributed by atoms with Gasteiger partial charge in [0, 0.05) is 24.5 Å². The van der Waals surface area contributed by atoms with E-state index in [4.69, 9.17) is 4.42 Å². The molecule has 0 unspecified atom stereocenters. The molecule has 128 valence electrons. The third kappa shape index (κ3) is 2.97. The molecule has 1 aliphatic rings. The van der Waals surface area contributed by atoms with Crippen molar-refractivity contribution in [2.24, 2.45) is 0 Å². The Labute approximate surface area is 153 Å². The van der Waals surface area contributed by atoms with Crippen LogP contribution in [0, 0.1) is 12.7 Å². The number of hydrogen-bond acceptors (Lipinski definition) is 3. The first-order chi connectivity index (χ1) is 12.0. The van der Waals surface area contributed by atoms with Gasteiger partial charge in [0.1, 0.15) is 11.4 Å². The first kappa shape index (κ1) is 16.3. The van der Waals surface area contributed by atoms with Gasteiger partial charge in [-0.05, 0) is 53.8 Å². The van der Waals surface area contributed by atoms with Gasteiger partial charge in [-0.2, -0.15) is 0 Å². The first-order valence-corrected chi connectivity index (χ1v) is 9.33. The van der Waals surface area contributed by atoms with Crippen molar-refractivity contribution in [2.75, 3.05) is 10.2 Å². The van der Waals surface area contributed by atoms with Crippen LogP contribution in [0.4, 0.5) is 10.3 Å². The van der Waals surface area contributed by atoms with Crippen LogP contribution in [0.3, 0.4) is 0 Å². The average Bonchev–Trinajstić information content (AvgIpc) is 2.99. The lowest BCUT2D eigenvalue weighted by atomic mass is 10.0. The van der Waals surface area contributed by atoms with E-state index in [2.05, 4.69) is 22.0 Å². The summed E-state index contributed by atoms with van der Waals surface area (Å²) in [6.45, 7) is 3.14. The fraction of sp³-hybridized carbons (Fsp3) is 0.250. The zero-order chi connectivity index (χ0) is 17.6. The lowest BCUT2D eigenvalue weighted by Gasteiger charge is -2.17. The van der Waals surface area contributed by atoms with Crippen LogP contribution in [0.5, 0.6) is 0 Å². The van der Waals surface area contributed by atoms with Crippen molar-refractivity contribution >= 4 is 32.8 Å². The van der Waals surface area contributed by atoms with Gasteiger partial charge in [-0.1, -0.05) is 28.1 Å². The fourth-order valence-corrected chi connectivity index (χ4v) is 3.87. The molecule has 0 radical (unpaired) electrons. The van der Waals surface area contributed by atoms with Crippen molar-refractivity contribution in [1.29, 1.82) is 0 Å². The Hall–Kier alpha value is -2.14. The molecule has 2 heterocycles. The van der Waals surface area contributed by atoms with Crippen LogP contribution in [-0.2, 0) is 19.5 Å². The number of nitrogens with zero attached hydrogens (tertiary/aromatic N) is 1. The molecule has 0 aliphatic carbocycles. The van der Waals surface area contributed by atoms with Gasteiger partial charge in [0.15, 0.2) is 5.43 Å². The minimum atomic E-state index is -0.240. The molecule has 1 aromatic heterocycles. The Morgan fingerprint density at radius 2 is 1.96 bits per heavy atom. The molecule has 4 rings (SSSR count). The van der Waals surface area contributed by atoms with Crippen LogP contribution in [0.15, 0.2) is 45.6 Å². The van der Waals surface area contributed by atoms with E-state index in [0.29, 0.717) is 29.9 Å². The Balaban J connectivity index is 1.80. The maximum atomic E-state index is 13.4. The van der Waals surface area contributed by atoms with Crippen LogP contribution in [0.2, 0.25) is 0 Å². The van der Waals surface area contributed by atoms with E-state index in [1.54, 1.807) is 18.2 Å². The molecule has 3 nitrogen and oxygen atoms in total. The number of aryl methyl sites for hydroxylation is 2. The molecular weight excluding hydrogens is 385 g/mol. The van der Waals surface area contributed by atoms with E-state index < -0.39 is 0 Å². The molecule has 0 bridgehead atoms. The second kappa shape index (κ2) is 6.30. The summed E-state index contributed by atoms with van der Waals surface area (Å²) in [6.07, 6.45) is 0.788. The molecule has 0 spiro atoms. The van der Waals surface area contributed by atoms with Gasteiger partial charge in [-0.15, -0.1) is 0 Å². The van der Waals surface area contributed by atoms with E-state index in [1.165, 1.54) is 6.07 Å². The summed E-state index contributed by atoms with van der Waals surface area (Å²) in [6, 6.07) is 10.3. The first-order valence-electron chi connectivity index (χ1n) is 8.21. The summed E-state index contributed by atoms with van der Waals surface area (Å²) in [5.74, 6) is 0.296. The highest BCUT2D eigenvalue weighted by atomic mass is 79.9. The Bertz CT molecular complexity index is 1030. The van der Waals surface area contributed by atoms with E-state index >= 15 is 0 Å². The maximum absolute atomic E-state index is 13.4. The average molecular weight is 402 g/mol. The lowest BCUT2D eigenvalue weighted by Crippen LogP contribution is -2.17. The summed E-state index contributed by atoms with van der Waals surface area (Å²) in [7, 11) is 0. The second-order valence-electron chi connectivity index (χ2n) is 6.46. The third-order valence-electron chi connectivity index (χ3n) is 4.60. The minimum absolute atomic E-state index is 0.0436. The molecule has 0 saturated heterocycles. The van der Waals surface area contributed by atoms with E-state index in [-0.39, 0.29) is 11.2 Å². The number of anilines is 1. The van der Waals surface area contributed by atoms with Crippen molar-refractivity contribution in [2.45, 2.75) is 26.4 Å². The summed E-state index contributed by atoms with van der Waals surface area (Å²) in [5.41, 5.74) is 4.68. The van der Waals surface area contributed by atoms with Gasteiger partial charge in [0.25, 0.3) is 0 Å². The van der Waals surface area contributed by atoms with Gasteiger partial charge in [-0.3, -0.25) is 4.79 Å². The minimum Gasteiger partial charge on any atom is -0.440 e. The van der Waals surface area contributed by atoms with Crippen molar-refractivity contribution in [3.63, 3.8) is 0 Å². The third-order valence-corrected chi connectivity index (χ3v) is 5.00. The summed E-state index contributed by atoms with van der Waals surface area (Å²) in [4.78, 5) is 14.6. The van der Waals surface area contributed by atoms with Crippen LogP contribution in [0.1, 0.15) is 22.3 Å². The summed E-state index contributed by atoms with van der Waals surface area (Å²) in [5, 5.41) is 1.41. The molecule has 1 aliphatic heterocycles. The van der Waals surface area contributed by atoms with Crippen LogP contribution in [0.25, 0.3) is 11.0 Å². The van der Waals surface area contributed by atoms with Gasteiger partial charge >= 0.3 is 0 Å². The van der Waals surface area contributed by atoms with E-state index in [1.807, 2.05) is 17.9 Å². The van der Waals surface area contributed by atoms with E-state index in [0.717, 1.165) is 34.0 Å². The molecule has 0 amide bonds. The SMILES string of the molecule is Cc1cc(CCBr)c2oc(N3Cc4ccc(F)cc4C3)cc(=O)c2c1. The molecule has 0 saturated carbocycles. The van der Waals surface area contributed by atoms with Crippen molar-refractivity contribution in [1.82, 2.24) is 0 Å². The number of fused-ring (bicyclic) bond motifs is 2. The predicted molar refractivity (Wildman–Crippen MR) is 101 cm³/mol. The van der Waals surface area contributed by atoms with Gasteiger partial charge in [-0.25, -0.2) is 4.39 Å². The zero-order valence-corrected chi connectivity index (χ0v) is 15.4. The Kier molecular flexibility index (Phi) is 4.12. The second-order valence-corrected chi connectivity index (χ2v) is 7.25. The molecule has 2 aromatic carbocycles. The molecule has 5 heteroatoms. The highest BCUT2D eigenvalue weighted by Gasteiger charge is 2.22. The van der Waals surface area contributed by atoms with Gasteiger partial charge in [0.2, 0.25) is 5.88 Å². The number of alkyl halides is 1. The van der Waals surface area contributed by atoms with Crippen molar-refractivity contribution in [3.8, 4) is 0 Å². The smallest absolute Gasteiger partial charge is 0.200 e. The molecular formula is C20H17BrFNO2. The monoisotopic (exact) mass is 401 g/mol. The normalized spacial score (nSPS) is 13.5. The molecule has 25 heavy (non-hydrogen) atoms. The quantitative estimate of drug-likeness (QED) is 0.596. The highest BCUT2D eigenvalue weighted by molar-refractivity contribution is 9.09. The topological polar surface area (TPSA) is 33.5 Å². The van der Waals surface area contributed by atoms with Crippen molar-refractivity contribution in [3.05, 3.63) is 74.7 Å². The Morgan fingerprint density at radius 3 is 2.76 bits per heavy atom. The zero-order valence-electron chi connectivity index (χ0n) is 13.8. The number of hydrogen-bond donors (Lipinski definition) is 0. The van der Waals surface area contributed by atoms with Crippen LogP contribution >= 0.6 is 15.9 Å². The molecule has 0 fully saturated rings. The molecule has 0 N–H and O–H groups in total. The maximum Gasteiger partial charge on any atom is 0.200 e. The van der Waals surface area contributed by atoms with Crippen LogP contribution < -0.4 is 10.3 Å². The molecule has 0 atom stereocenters. The summed E-state index contributed by atoms with van der Waals surface area (Å²) >= 11 is 3.46. The largest absolute Gasteiger partial charge is 0.440 e. The Morgan fingerprint density at radius 1 is 1.16 bits per heavy atom. The van der Waals surface area contributed by atoms with Crippen LogP contribution in [-0.4, -0.2) is 5.33 Å². The van der Waals surface area contributed by atoms with Gasteiger partial charge in [0.05, 0.1) is 5.39 Å². The van der Waals surface area contributed by atoms with E-state index in [9.17, 15) is 9.18 Å². The highest BCUT2D eigenvalue weighted by Crippen LogP contribution is 2.31. The predicted octanol–water partition coefficient (Wildman–Crippen LogP) is 4.70. The van der Waals surface area contributed by atoms with Crippen molar-refractivity contribution < 1.29 is 8.81 Å². The number of halogens is 2. The number of rotatable bonds is 3. The summed E-state index contributed by atoms with van der Waals surface area (Å²) < 4.78 is 19.6. The fourth-order valence-electron chi connectivity index (χ4n) is 3.44. The molecule has 3 aromatic rings. The lowest BCUT2D eigenvalue weighted by molar-refractivity contribution is 0.572. The standard InChI is InChI=1S/C20H17BrFNO2/c1-12-6-13(4-5-21)20-17(7-12)18(24)9-19(25-20)23-10-14-2-3-16(22)8-15(14)11-23/h2-3,6-9H,4-5,10-11H2,1H3. The number of benzene rings is 2. The van der Waals surface area contributed by atoms with Gasteiger partial charge < -0.3 is 9.32 Å².